The molecule has 0 aromatic rings. The van der Waals surface area contributed by atoms with Crippen LogP contribution in [0.15, 0.2) is 0 Å². The Morgan fingerprint density at radius 1 is 1.00 bits per heavy atom. The van der Waals surface area contributed by atoms with E-state index in [0.29, 0.717) is 37.6 Å². The van der Waals surface area contributed by atoms with E-state index < -0.39 is 0 Å². The van der Waals surface area contributed by atoms with Crippen molar-refractivity contribution in [2.45, 2.75) is 75.5 Å². The molecule has 8 heteroatoms. The molecule has 3 saturated heterocycles. The zero-order chi connectivity index (χ0) is 23.5. The Kier molecular flexibility index (Phi) is 5.39. The zero-order valence-electron chi connectivity index (χ0n) is 20.0. The molecule has 0 radical (unpaired) electrons. The third kappa shape index (κ3) is 3.71. The van der Waals surface area contributed by atoms with Crippen molar-refractivity contribution in [3.05, 3.63) is 0 Å². The standard InChI is InChI=1S/C26H35N5O3/c27-11-18-3-5-29(13-18)23(32)14-30(15-24(33)31-4-1-2-21(31)12-28)26-9-19-6-20(10-26)8-25(7-19,17-26)22-16-34-22/h18-22H,1-10,13-17H2/t18-,19?,20?,21+,22?,25?,26?/m1/s1. The van der Waals surface area contributed by atoms with E-state index in [1.54, 1.807) is 4.90 Å². The van der Waals surface area contributed by atoms with Gasteiger partial charge in [0.25, 0.3) is 0 Å². The Hall–Kier alpha value is -2.16. The van der Waals surface area contributed by atoms with Crippen LogP contribution in [0.25, 0.3) is 0 Å². The number of epoxide rings is 1. The van der Waals surface area contributed by atoms with Crippen molar-refractivity contribution in [1.29, 1.82) is 10.5 Å². The summed E-state index contributed by atoms with van der Waals surface area (Å²) < 4.78 is 5.86. The summed E-state index contributed by atoms with van der Waals surface area (Å²) in [6.45, 7) is 3.05. The Morgan fingerprint density at radius 3 is 2.38 bits per heavy atom. The van der Waals surface area contributed by atoms with Crippen molar-refractivity contribution >= 4 is 11.8 Å². The Bertz CT molecular complexity index is 935. The highest BCUT2D eigenvalue weighted by Gasteiger charge is 2.64. The summed E-state index contributed by atoms with van der Waals surface area (Å²) in [5.74, 6) is 1.23. The van der Waals surface area contributed by atoms with Crippen molar-refractivity contribution < 1.29 is 14.3 Å². The van der Waals surface area contributed by atoms with Crippen molar-refractivity contribution in [3.8, 4) is 12.1 Å². The largest absolute Gasteiger partial charge is 0.373 e. The summed E-state index contributed by atoms with van der Waals surface area (Å²) >= 11 is 0. The number of rotatable bonds is 6. The van der Waals surface area contributed by atoms with Crippen LogP contribution in [0.1, 0.15) is 57.8 Å². The van der Waals surface area contributed by atoms with Crippen LogP contribution in [0.3, 0.4) is 0 Å². The summed E-state index contributed by atoms with van der Waals surface area (Å²) in [5.41, 5.74) is 0.0639. The zero-order valence-corrected chi connectivity index (χ0v) is 20.0. The smallest absolute Gasteiger partial charge is 0.237 e. The maximum absolute atomic E-state index is 13.5. The maximum atomic E-state index is 13.5. The number of hydrogen-bond acceptors (Lipinski definition) is 6. The van der Waals surface area contributed by atoms with E-state index in [2.05, 4.69) is 17.0 Å². The number of likely N-dealkylation sites (tertiary alicyclic amines) is 2. The molecule has 2 amide bonds. The molecule has 8 nitrogen and oxygen atoms in total. The number of nitrogens with zero attached hydrogens (tertiary/aromatic N) is 5. The molecule has 7 aliphatic rings. The molecule has 3 heterocycles. The quantitative estimate of drug-likeness (QED) is 0.555. The molecule has 34 heavy (non-hydrogen) atoms. The average molecular weight is 466 g/mol. The van der Waals surface area contributed by atoms with E-state index in [1.165, 1.54) is 19.3 Å². The highest BCUT2D eigenvalue weighted by molar-refractivity contribution is 5.82. The summed E-state index contributed by atoms with van der Waals surface area (Å²) in [4.78, 5) is 32.7. The molecule has 182 valence electrons. The minimum absolute atomic E-state index is 0.0133. The summed E-state index contributed by atoms with van der Waals surface area (Å²) in [6.07, 6.45) is 9.53. The van der Waals surface area contributed by atoms with Crippen molar-refractivity contribution in [2.75, 3.05) is 39.3 Å². The van der Waals surface area contributed by atoms with Gasteiger partial charge in [0.15, 0.2) is 0 Å². The monoisotopic (exact) mass is 465 g/mol. The second-order valence-corrected chi connectivity index (χ2v) is 12.1. The summed E-state index contributed by atoms with van der Waals surface area (Å²) in [7, 11) is 0. The Labute approximate surface area is 201 Å². The topological polar surface area (TPSA) is 104 Å². The lowest BCUT2D eigenvalue weighted by Gasteiger charge is -2.64. The lowest BCUT2D eigenvalue weighted by Crippen LogP contribution is -2.66. The van der Waals surface area contributed by atoms with Gasteiger partial charge in [0.2, 0.25) is 11.8 Å². The highest BCUT2D eigenvalue weighted by atomic mass is 16.6. The highest BCUT2D eigenvalue weighted by Crippen LogP contribution is 2.66. The number of carbonyl (C=O) groups is 2. The number of carbonyl (C=O) groups excluding carboxylic acids is 2. The molecule has 5 atom stereocenters. The number of ether oxygens (including phenoxy) is 1. The van der Waals surface area contributed by atoms with Gasteiger partial charge in [0, 0.05) is 30.6 Å². The van der Waals surface area contributed by atoms with Gasteiger partial charge in [0.05, 0.1) is 43.9 Å². The van der Waals surface area contributed by atoms with Crippen LogP contribution >= 0.6 is 0 Å². The van der Waals surface area contributed by atoms with Crippen LogP contribution in [-0.4, -0.2) is 83.5 Å². The van der Waals surface area contributed by atoms with Crippen LogP contribution in [0.4, 0.5) is 0 Å². The second-order valence-electron chi connectivity index (χ2n) is 12.1. The number of hydrogen-bond donors (Lipinski definition) is 0. The van der Waals surface area contributed by atoms with Gasteiger partial charge in [0.1, 0.15) is 6.04 Å². The maximum Gasteiger partial charge on any atom is 0.237 e. The van der Waals surface area contributed by atoms with E-state index in [9.17, 15) is 20.1 Å². The predicted octanol–water partition coefficient (Wildman–Crippen LogP) is 1.91. The van der Waals surface area contributed by atoms with E-state index in [1.807, 2.05) is 4.90 Å². The third-order valence-electron chi connectivity index (χ3n) is 9.86. The lowest BCUT2D eigenvalue weighted by molar-refractivity contribution is -0.160. The summed E-state index contributed by atoms with van der Waals surface area (Å²) in [6, 6.07) is 4.25. The van der Waals surface area contributed by atoms with E-state index >= 15 is 0 Å². The van der Waals surface area contributed by atoms with Gasteiger partial charge in [-0.2, -0.15) is 10.5 Å². The first kappa shape index (κ1) is 22.3. The molecule has 0 aromatic carbocycles. The Morgan fingerprint density at radius 2 is 1.74 bits per heavy atom. The third-order valence-corrected chi connectivity index (χ3v) is 9.86. The molecule has 7 fully saturated rings. The minimum Gasteiger partial charge on any atom is -0.373 e. The molecular weight excluding hydrogens is 430 g/mol. The first-order valence-corrected chi connectivity index (χ1v) is 13.2. The lowest BCUT2D eigenvalue weighted by atomic mass is 9.45. The van der Waals surface area contributed by atoms with E-state index in [4.69, 9.17) is 4.74 Å². The molecule has 3 aliphatic heterocycles. The van der Waals surface area contributed by atoms with Gasteiger partial charge in [-0.25, -0.2) is 0 Å². The van der Waals surface area contributed by atoms with Crippen LogP contribution in [0.5, 0.6) is 0 Å². The SMILES string of the molecule is N#C[C@H]1CCN(C(=O)CN(CC(=O)N2CCC[C@H]2C#N)C23CC4CC(CC(C5CO5)(C4)C2)C3)C1. The first-order chi connectivity index (χ1) is 16.4. The molecule has 3 unspecified atom stereocenters. The summed E-state index contributed by atoms with van der Waals surface area (Å²) in [5, 5.41) is 18.8. The second kappa shape index (κ2) is 8.21. The van der Waals surface area contributed by atoms with E-state index in [0.717, 1.165) is 45.1 Å². The molecule has 0 spiro atoms. The van der Waals surface area contributed by atoms with Crippen molar-refractivity contribution in [2.24, 2.45) is 23.2 Å². The van der Waals surface area contributed by atoms with Gasteiger partial charge in [-0.15, -0.1) is 0 Å². The molecule has 4 bridgehead atoms. The van der Waals surface area contributed by atoms with Gasteiger partial charge in [-0.05, 0) is 69.6 Å². The van der Waals surface area contributed by atoms with Gasteiger partial charge in [-0.1, -0.05) is 0 Å². The van der Waals surface area contributed by atoms with Gasteiger partial charge < -0.3 is 14.5 Å². The molecule has 0 aromatic heterocycles. The van der Waals surface area contributed by atoms with Crippen LogP contribution in [0.2, 0.25) is 0 Å². The molecule has 4 saturated carbocycles. The number of amides is 2. The van der Waals surface area contributed by atoms with E-state index in [-0.39, 0.29) is 47.8 Å². The normalized spacial score (nSPS) is 42.1. The fraction of sp³-hybridized carbons (Fsp3) is 0.846. The predicted molar refractivity (Wildman–Crippen MR) is 122 cm³/mol. The fourth-order valence-electron chi connectivity index (χ4n) is 8.63. The average Bonchev–Trinajstić information content (AvgIpc) is 3.38. The van der Waals surface area contributed by atoms with Crippen LogP contribution in [0, 0.1) is 45.8 Å². The van der Waals surface area contributed by atoms with Crippen LogP contribution < -0.4 is 0 Å². The van der Waals surface area contributed by atoms with Gasteiger partial charge >= 0.3 is 0 Å². The minimum atomic E-state index is -0.345. The first-order valence-electron chi connectivity index (χ1n) is 13.2. The van der Waals surface area contributed by atoms with Crippen molar-refractivity contribution in [3.63, 3.8) is 0 Å². The molecular formula is C26H35N5O3. The molecule has 4 aliphatic carbocycles. The van der Waals surface area contributed by atoms with Gasteiger partial charge in [-0.3, -0.25) is 14.5 Å². The van der Waals surface area contributed by atoms with Crippen LogP contribution in [-0.2, 0) is 14.3 Å². The Balaban J connectivity index is 1.27. The molecule has 0 N–H and O–H groups in total. The number of nitriles is 2. The molecule has 7 rings (SSSR count). The fourth-order valence-corrected chi connectivity index (χ4v) is 8.63. The van der Waals surface area contributed by atoms with Crippen molar-refractivity contribution in [1.82, 2.24) is 14.7 Å².